The van der Waals surface area contributed by atoms with Crippen LogP contribution in [0.4, 0.5) is 8.78 Å². The van der Waals surface area contributed by atoms with Gasteiger partial charge in [0.1, 0.15) is 11.6 Å². The molecule has 18 heavy (non-hydrogen) atoms. The first-order valence-corrected chi connectivity index (χ1v) is 6.13. The van der Waals surface area contributed by atoms with Gasteiger partial charge >= 0.3 is 0 Å². The predicted molar refractivity (Wildman–Crippen MR) is 68.5 cm³/mol. The van der Waals surface area contributed by atoms with E-state index in [1.54, 1.807) is 7.11 Å². The van der Waals surface area contributed by atoms with Gasteiger partial charge in [0.2, 0.25) is 0 Å². The first-order valence-electron chi connectivity index (χ1n) is 6.13. The Bertz CT molecular complexity index is 382. The second-order valence-corrected chi connectivity index (χ2v) is 4.78. The lowest BCUT2D eigenvalue weighted by Gasteiger charge is -2.29. The molecule has 0 saturated heterocycles. The molecule has 0 heterocycles. The normalized spacial score (nSPS) is 14.8. The zero-order valence-electron chi connectivity index (χ0n) is 11.3. The molecule has 0 spiro atoms. The number of methoxy groups -OCH3 is 1. The highest BCUT2D eigenvalue weighted by atomic mass is 19.1. The molecular weight excluding hydrogens is 236 g/mol. The summed E-state index contributed by atoms with van der Waals surface area (Å²) < 4.78 is 31.9. The van der Waals surface area contributed by atoms with Gasteiger partial charge in [0.15, 0.2) is 0 Å². The van der Waals surface area contributed by atoms with Crippen LogP contribution in [0.1, 0.15) is 19.4 Å². The third-order valence-corrected chi connectivity index (χ3v) is 3.15. The highest BCUT2D eigenvalue weighted by Crippen LogP contribution is 2.17. The number of hydrogen-bond donors (Lipinski definition) is 1. The van der Waals surface area contributed by atoms with Crippen molar-refractivity contribution in [2.45, 2.75) is 32.4 Å². The fourth-order valence-corrected chi connectivity index (χ4v) is 2.21. The van der Waals surface area contributed by atoms with Crippen LogP contribution in [-0.4, -0.2) is 26.3 Å². The minimum atomic E-state index is -0.551. The van der Waals surface area contributed by atoms with Gasteiger partial charge in [0, 0.05) is 19.2 Å². The smallest absolute Gasteiger partial charge is 0.129 e. The van der Waals surface area contributed by atoms with Crippen LogP contribution in [0.2, 0.25) is 0 Å². The molecule has 0 aromatic heterocycles. The first kappa shape index (κ1) is 15.1. The van der Waals surface area contributed by atoms with Crippen LogP contribution in [0, 0.1) is 17.6 Å². The molecule has 0 radical (unpaired) electrons. The Kier molecular flexibility index (Phi) is 5.69. The third-order valence-electron chi connectivity index (χ3n) is 3.15. The van der Waals surface area contributed by atoms with Crippen LogP contribution >= 0.6 is 0 Å². The average Bonchev–Trinajstić information content (AvgIpc) is 2.31. The summed E-state index contributed by atoms with van der Waals surface area (Å²) in [6.07, 6.45) is 0.457. The van der Waals surface area contributed by atoms with Crippen molar-refractivity contribution in [2.75, 3.05) is 14.2 Å². The monoisotopic (exact) mass is 257 g/mol. The Morgan fingerprint density at radius 3 is 2.39 bits per heavy atom. The first-order chi connectivity index (χ1) is 8.49. The zero-order valence-corrected chi connectivity index (χ0v) is 11.3. The van der Waals surface area contributed by atoms with Gasteiger partial charge in [-0.15, -0.1) is 0 Å². The minimum absolute atomic E-state index is 0.00467. The number of ether oxygens (including phenoxy) is 1. The second-order valence-electron chi connectivity index (χ2n) is 4.78. The van der Waals surface area contributed by atoms with E-state index in [-0.39, 0.29) is 12.1 Å². The topological polar surface area (TPSA) is 21.3 Å². The second kappa shape index (κ2) is 6.81. The molecule has 0 saturated carbocycles. The van der Waals surface area contributed by atoms with Gasteiger partial charge in [-0.1, -0.05) is 19.9 Å². The molecule has 2 nitrogen and oxygen atoms in total. The van der Waals surface area contributed by atoms with Crippen molar-refractivity contribution in [1.82, 2.24) is 5.32 Å². The Morgan fingerprint density at radius 1 is 1.28 bits per heavy atom. The van der Waals surface area contributed by atoms with Gasteiger partial charge in [-0.25, -0.2) is 8.78 Å². The fraction of sp³-hybridized carbons (Fsp3) is 0.571. The van der Waals surface area contributed by atoms with Crippen LogP contribution in [-0.2, 0) is 11.2 Å². The Balaban J connectivity index is 2.85. The van der Waals surface area contributed by atoms with Crippen LogP contribution in [0.15, 0.2) is 18.2 Å². The molecule has 0 aliphatic rings. The standard InChI is InChI=1S/C14H21F2NO/c1-9(2)14(18-4)13(17-3)7-10-5-6-11(15)8-12(10)16/h5-6,8-9,13-14,17H,7H2,1-4H3. The van der Waals surface area contributed by atoms with E-state index in [2.05, 4.69) is 19.2 Å². The van der Waals surface area contributed by atoms with Crippen LogP contribution in [0.5, 0.6) is 0 Å². The Morgan fingerprint density at radius 2 is 1.94 bits per heavy atom. The maximum Gasteiger partial charge on any atom is 0.129 e. The van der Waals surface area contributed by atoms with Crippen molar-refractivity contribution in [3.05, 3.63) is 35.4 Å². The number of likely N-dealkylation sites (N-methyl/N-ethyl adjacent to an activating group) is 1. The number of rotatable bonds is 6. The summed E-state index contributed by atoms with van der Waals surface area (Å²) in [4.78, 5) is 0. The van der Waals surface area contributed by atoms with E-state index in [0.29, 0.717) is 17.9 Å². The number of nitrogens with one attached hydrogen (secondary N) is 1. The van der Waals surface area contributed by atoms with Gasteiger partial charge in [-0.05, 0) is 31.0 Å². The molecular formula is C14H21F2NO. The fourth-order valence-electron chi connectivity index (χ4n) is 2.21. The van der Waals surface area contributed by atoms with Crippen LogP contribution in [0.25, 0.3) is 0 Å². The molecule has 0 bridgehead atoms. The van der Waals surface area contributed by atoms with E-state index >= 15 is 0 Å². The molecule has 1 aromatic carbocycles. The van der Waals surface area contributed by atoms with Crippen molar-refractivity contribution in [3.63, 3.8) is 0 Å². The summed E-state index contributed by atoms with van der Waals surface area (Å²) in [5, 5.41) is 3.14. The summed E-state index contributed by atoms with van der Waals surface area (Å²) in [6.45, 7) is 4.11. The maximum atomic E-state index is 13.6. The molecule has 1 aromatic rings. The number of hydrogen-bond acceptors (Lipinski definition) is 2. The number of halogens is 2. The van der Waals surface area contributed by atoms with Crippen LogP contribution in [0.3, 0.4) is 0 Å². The van der Waals surface area contributed by atoms with Crippen molar-refractivity contribution in [1.29, 1.82) is 0 Å². The van der Waals surface area contributed by atoms with Crippen LogP contribution < -0.4 is 5.32 Å². The van der Waals surface area contributed by atoms with Gasteiger partial charge < -0.3 is 10.1 Å². The molecule has 2 unspecified atom stereocenters. The SMILES string of the molecule is CNC(Cc1ccc(F)cc1F)C(OC)C(C)C. The maximum absolute atomic E-state index is 13.6. The largest absolute Gasteiger partial charge is 0.380 e. The van der Waals surface area contributed by atoms with E-state index in [4.69, 9.17) is 4.74 Å². The Labute approximate surface area is 107 Å². The molecule has 1 N–H and O–H groups in total. The minimum Gasteiger partial charge on any atom is -0.380 e. The summed E-state index contributed by atoms with van der Waals surface area (Å²) >= 11 is 0. The lowest BCUT2D eigenvalue weighted by atomic mass is 9.94. The van der Waals surface area contributed by atoms with Crippen molar-refractivity contribution in [2.24, 2.45) is 5.92 Å². The predicted octanol–water partition coefficient (Wildman–Crippen LogP) is 2.77. The summed E-state index contributed by atoms with van der Waals surface area (Å²) in [5.74, 6) is -0.741. The van der Waals surface area contributed by atoms with Crippen molar-refractivity contribution in [3.8, 4) is 0 Å². The lowest BCUT2D eigenvalue weighted by molar-refractivity contribution is 0.0352. The van der Waals surface area contributed by atoms with E-state index in [9.17, 15) is 8.78 Å². The third kappa shape index (κ3) is 3.75. The van der Waals surface area contributed by atoms with Gasteiger partial charge in [0.05, 0.1) is 6.10 Å². The molecule has 0 amide bonds. The summed E-state index contributed by atoms with van der Waals surface area (Å²) in [7, 11) is 3.47. The summed E-state index contributed by atoms with van der Waals surface area (Å²) in [6, 6.07) is 3.68. The molecule has 4 heteroatoms. The molecule has 0 aliphatic carbocycles. The molecule has 0 fully saturated rings. The van der Waals surface area contributed by atoms with E-state index < -0.39 is 11.6 Å². The zero-order chi connectivity index (χ0) is 13.7. The van der Waals surface area contributed by atoms with E-state index in [1.807, 2.05) is 7.05 Å². The molecule has 102 valence electrons. The summed E-state index contributed by atoms with van der Waals surface area (Å²) in [5.41, 5.74) is 0.499. The van der Waals surface area contributed by atoms with E-state index in [0.717, 1.165) is 6.07 Å². The average molecular weight is 257 g/mol. The quantitative estimate of drug-likeness (QED) is 0.846. The number of benzene rings is 1. The van der Waals surface area contributed by atoms with Crippen molar-refractivity contribution < 1.29 is 13.5 Å². The molecule has 0 aliphatic heterocycles. The lowest BCUT2D eigenvalue weighted by Crippen LogP contribution is -2.43. The molecule has 2 atom stereocenters. The Hall–Kier alpha value is -1.00. The van der Waals surface area contributed by atoms with Gasteiger partial charge in [-0.2, -0.15) is 0 Å². The van der Waals surface area contributed by atoms with Gasteiger partial charge in [0.25, 0.3) is 0 Å². The highest BCUT2D eigenvalue weighted by molar-refractivity contribution is 5.20. The van der Waals surface area contributed by atoms with Gasteiger partial charge in [-0.3, -0.25) is 0 Å². The van der Waals surface area contributed by atoms with E-state index in [1.165, 1.54) is 12.1 Å². The molecule has 1 rings (SSSR count). The highest BCUT2D eigenvalue weighted by Gasteiger charge is 2.24. The van der Waals surface area contributed by atoms with Crippen molar-refractivity contribution >= 4 is 0 Å².